The molecule has 2 heterocycles. The Kier molecular flexibility index (Phi) is 3.94. The van der Waals surface area contributed by atoms with E-state index in [1.54, 1.807) is 19.6 Å². The Morgan fingerprint density at radius 1 is 1.30 bits per heavy atom. The summed E-state index contributed by atoms with van der Waals surface area (Å²) in [5.74, 6) is 8.45. The number of hydrogen-bond donors (Lipinski definition) is 1. The van der Waals surface area contributed by atoms with Crippen LogP contribution in [0.3, 0.4) is 0 Å². The van der Waals surface area contributed by atoms with E-state index < -0.39 is 11.1 Å². The lowest BCUT2D eigenvalue weighted by atomic mass is 9.81. The summed E-state index contributed by atoms with van der Waals surface area (Å²) < 4.78 is 18.1. The fourth-order valence-corrected chi connectivity index (χ4v) is 6.87. The second-order valence-electron chi connectivity index (χ2n) is 10.2. The lowest BCUT2D eigenvalue weighted by Gasteiger charge is -2.35. The molecule has 3 unspecified atom stereocenters. The van der Waals surface area contributed by atoms with Crippen molar-refractivity contribution in [2.75, 3.05) is 13.8 Å². The Labute approximate surface area is 193 Å². The number of rotatable bonds is 3. The molecular formula is C26H28N4O3. The van der Waals surface area contributed by atoms with E-state index >= 15 is 0 Å². The van der Waals surface area contributed by atoms with E-state index in [1.807, 2.05) is 4.90 Å². The third kappa shape index (κ3) is 2.48. The summed E-state index contributed by atoms with van der Waals surface area (Å²) in [5.41, 5.74) is 9.32. The number of nitrogens with two attached hydrogens (primary N) is 1. The van der Waals surface area contributed by atoms with Gasteiger partial charge in [-0.1, -0.05) is 17.9 Å². The minimum absolute atomic E-state index is 0.0699. The van der Waals surface area contributed by atoms with Crippen molar-refractivity contribution in [1.82, 2.24) is 9.88 Å². The molecule has 7 nitrogen and oxygen atoms in total. The van der Waals surface area contributed by atoms with Crippen molar-refractivity contribution in [1.29, 1.82) is 0 Å². The average Bonchev–Trinajstić information content (AvgIpc) is 3.62. The standard InChI is InChI=1S/C26H28N4O3/c1-31-20-8-9-24-13-19-7-6-18(5-4-17-2-3-17)12-21(19)26(24)25(24,14-20)33-16-30(23(27)29-26)15-22-28-10-11-32-22/h6-7,10-12,17,20H,2-3,8-9,13-16H2,1H3,(H2,27,29)/t20-,24?,25?,26?/m1/s1. The molecule has 1 aromatic heterocycles. The van der Waals surface area contributed by atoms with Crippen molar-refractivity contribution >= 4 is 5.96 Å². The second kappa shape index (κ2) is 6.62. The number of aromatic nitrogens is 1. The van der Waals surface area contributed by atoms with Gasteiger partial charge >= 0.3 is 0 Å². The quantitative estimate of drug-likeness (QED) is 0.733. The molecule has 0 bridgehead atoms. The molecule has 7 heteroatoms. The van der Waals surface area contributed by atoms with Crippen LogP contribution in [-0.2, 0) is 28.0 Å². The number of guanidine groups is 1. The van der Waals surface area contributed by atoms with Gasteiger partial charge in [0.1, 0.15) is 24.1 Å². The number of nitrogens with zero attached hydrogens (tertiary/aromatic N) is 3. The Bertz CT molecular complexity index is 1210. The van der Waals surface area contributed by atoms with Gasteiger partial charge in [-0.25, -0.2) is 9.98 Å². The first-order valence-electron chi connectivity index (χ1n) is 11.9. The summed E-state index contributed by atoms with van der Waals surface area (Å²) in [6, 6.07) is 6.66. The van der Waals surface area contributed by atoms with Gasteiger partial charge in [-0.15, -0.1) is 0 Å². The summed E-state index contributed by atoms with van der Waals surface area (Å²) in [6.45, 7) is 0.781. The van der Waals surface area contributed by atoms with E-state index in [1.165, 1.54) is 24.0 Å². The number of oxazole rings is 1. The molecule has 3 spiro atoms. The van der Waals surface area contributed by atoms with Gasteiger partial charge in [0.05, 0.1) is 18.8 Å². The van der Waals surface area contributed by atoms with Crippen LogP contribution in [0.5, 0.6) is 0 Å². The first-order chi connectivity index (χ1) is 16.1. The maximum Gasteiger partial charge on any atom is 0.213 e. The van der Waals surface area contributed by atoms with Crippen molar-refractivity contribution < 1.29 is 13.9 Å². The van der Waals surface area contributed by atoms with Crippen LogP contribution in [-0.4, -0.2) is 41.4 Å². The molecule has 0 saturated heterocycles. The highest BCUT2D eigenvalue weighted by Gasteiger charge is 2.93. The van der Waals surface area contributed by atoms with E-state index in [2.05, 4.69) is 35.0 Å². The maximum absolute atomic E-state index is 6.83. The second-order valence-corrected chi connectivity index (χ2v) is 10.2. The van der Waals surface area contributed by atoms with Crippen LogP contribution < -0.4 is 5.73 Å². The van der Waals surface area contributed by atoms with Crippen LogP contribution >= 0.6 is 0 Å². The molecule has 3 fully saturated rings. The number of ether oxygens (including phenoxy) is 2. The fraction of sp³-hybridized carbons (Fsp3) is 0.538. The monoisotopic (exact) mass is 444 g/mol. The Balaban J connectivity index is 1.34. The van der Waals surface area contributed by atoms with Crippen LogP contribution in [0.1, 0.15) is 54.7 Å². The first kappa shape index (κ1) is 19.6. The third-order valence-corrected chi connectivity index (χ3v) is 8.60. The molecule has 5 aliphatic rings. The number of fused-ring (bicyclic) bond motifs is 1. The summed E-state index contributed by atoms with van der Waals surface area (Å²) >= 11 is 0. The van der Waals surface area contributed by atoms with Gasteiger partial charge in [-0.05, 0) is 55.4 Å². The van der Waals surface area contributed by atoms with Crippen LogP contribution in [0.25, 0.3) is 0 Å². The summed E-state index contributed by atoms with van der Waals surface area (Å²) in [4.78, 5) is 11.5. The normalized spacial score (nSPS) is 35.8. The Morgan fingerprint density at radius 3 is 3.00 bits per heavy atom. The van der Waals surface area contributed by atoms with Crippen molar-refractivity contribution in [2.45, 2.75) is 62.3 Å². The van der Waals surface area contributed by atoms with E-state index in [-0.39, 0.29) is 11.5 Å². The zero-order valence-corrected chi connectivity index (χ0v) is 18.8. The molecule has 7 rings (SSSR count). The molecule has 33 heavy (non-hydrogen) atoms. The van der Waals surface area contributed by atoms with Gasteiger partial charge in [-0.3, -0.25) is 0 Å². The lowest BCUT2D eigenvalue weighted by Crippen LogP contribution is -2.42. The van der Waals surface area contributed by atoms with Gasteiger partial charge in [0.15, 0.2) is 5.96 Å². The first-order valence-corrected chi connectivity index (χ1v) is 11.9. The molecule has 1 aromatic carbocycles. The van der Waals surface area contributed by atoms with Gasteiger partial charge in [-0.2, -0.15) is 0 Å². The molecular weight excluding hydrogens is 416 g/mol. The minimum Gasteiger partial charge on any atom is -0.447 e. The number of hydrogen-bond acceptors (Lipinski definition) is 7. The van der Waals surface area contributed by atoms with Crippen molar-refractivity contribution in [3.63, 3.8) is 0 Å². The Hall–Kier alpha value is -2.82. The van der Waals surface area contributed by atoms with Gasteiger partial charge < -0.3 is 24.5 Å². The minimum atomic E-state index is -0.491. The molecule has 2 aromatic rings. The molecule has 1 aliphatic heterocycles. The third-order valence-electron chi connectivity index (χ3n) is 8.60. The zero-order chi connectivity index (χ0) is 22.3. The van der Waals surface area contributed by atoms with E-state index in [9.17, 15) is 0 Å². The highest BCUT2D eigenvalue weighted by Crippen LogP contribution is 2.85. The molecule has 3 saturated carbocycles. The molecule has 170 valence electrons. The molecule has 0 radical (unpaired) electrons. The number of methoxy groups -OCH3 is 1. The van der Waals surface area contributed by atoms with Gasteiger partial charge in [0.2, 0.25) is 5.89 Å². The summed E-state index contributed by atoms with van der Waals surface area (Å²) in [7, 11) is 1.80. The number of aliphatic imine (C=N–C) groups is 1. The van der Waals surface area contributed by atoms with Crippen LogP contribution in [0.2, 0.25) is 0 Å². The maximum atomic E-state index is 6.83. The smallest absolute Gasteiger partial charge is 0.213 e. The van der Waals surface area contributed by atoms with Crippen molar-refractivity contribution in [3.8, 4) is 11.8 Å². The molecule has 4 aliphatic carbocycles. The topological polar surface area (TPSA) is 86.1 Å². The molecule has 0 amide bonds. The Morgan fingerprint density at radius 2 is 2.21 bits per heavy atom. The SMILES string of the molecule is CO[C@@H]1CCC23Cc4ccc(C#CC5CC5)cc4C24N=C(N)N(Cc2ncco2)COC34C1. The van der Waals surface area contributed by atoms with Crippen molar-refractivity contribution in [2.24, 2.45) is 22.1 Å². The fourth-order valence-electron chi connectivity index (χ4n) is 6.87. The molecule has 2 N–H and O–H groups in total. The predicted molar refractivity (Wildman–Crippen MR) is 121 cm³/mol. The average molecular weight is 445 g/mol. The predicted octanol–water partition coefficient (Wildman–Crippen LogP) is 2.93. The summed E-state index contributed by atoms with van der Waals surface area (Å²) in [5, 5.41) is 0. The van der Waals surface area contributed by atoms with Crippen LogP contribution in [0.15, 0.2) is 40.1 Å². The van der Waals surface area contributed by atoms with Crippen molar-refractivity contribution in [3.05, 3.63) is 53.2 Å². The lowest BCUT2D eigenvalue weighted by molar-refractivity contribution is -0.0938. The van der Waals surface area contributed by atoms with Gasteiger partial charge in [0.25, 0.3) is 0 Å². The van der Waals surface area contributed by atoms with Gasteiger partial charge in [0, 0.05) is 30.4 Å². The van der Waals surface area contributed by atoms with Crippen LogP contribution in [0.4, 0.5) is 0 Å². The van der Waals surface area contributed by atoms with E-state index in [0.717, 1.165) is 31.2 Å². The highest BCUT2D eigenvalue weighted by atomic mass is 16.5. The largest absolute Gasteiger partial charge is 0.447 e. The van der Waals surface area contributed by atoms with E-state index in [4.69, 9.17) is 24.6 Å². The van der Waals surface area contributed by atoms with Crippen LogP contribution in [0, 0.1) is 23.2 Å². The number of benzene rings is 1. The molecule has 4 atom stereocenters. The zero-order valence-electron chi connectivity index (χ0n) is 18.8. The van der Waals surface area contributed by atoms with E-state index in [0.29, 0.717) is 31.0 Å². The highest BCUT2D eigenvalue weighted by molar-refractivity contribution is 5.81. The summed E-state index contributed by atoms with van der Waals surface area (Å²) in [6.07, 6.45) is 9.64.